The fourth-order valence-corrected chi connectivity index (χ4v) is 5.47. The van der Waals surface area contributed by atoms with Crippen LogP contribution in [0.3, 0.4) is 0 Å². The predicted molar refractivity (Wildman–Crippen MR) is 103 cm³/mol. The van der Waals surface area contributed by atoms with Gasteiger partial charge in [-0.1, -0.05) is 0 Å². The molecule has 0 aliphatic carbocycles. The second-order valence-corrected chi connectivity index (χ2v) is 8.86. The van der Waals surface area contributed by atoms with Crippen LogP contribution in [0.15, 0.2) is 16.8 Å². The van der Waals surface area contributed by atoms with Crippen LogP contribution in [0.4, 0.5) is 0 Å². The van der Waals surface area contributed by atoms with Crippen molar-refractivity contribution in [2.24, 2.45) is 11.8 Å². The van der Waals surface area contributed by atoms with Crippen LogP contribution in [0.5, 0.6) is 0 Å². The molecule has 2 unspecified atom stereocenters. The first-order chi connectivity index (χ1) is 12.7. The van der Waals surface area contributed by atoms with Crippen LogP contribution in [0, 0.1) is 11.8 Å². The molecule has 1 N–H and O–H groups in total. The Hall–Kier alpha value is -1.40. The zero-order valence-corrected chi connectivity index (χ0v) is 16.2. The van der Waals surface area contributed by atoms with E-state index in [1.165, 1.54) is 6.42 Å². The number of carbonyl (C=O) groups is 2. The van der Waals surface area contributed by atoms with Gasteiger partial charge in [0.25, 0.3) is 5.91 Å². The van der Waals surface area contributed by atoms with E-state index in [0.29, 0.717) is 30.2 Å². The minimum atomic E-state index is 0.186. The zero-order valence-electron chi connectivity index (χ0n) is 15.4. The fraction of sp³-hybridized carbons (Fsp3) is 0.700. The molecule has 1 aromatic heterocycles. The third-order valence-electron chi connectivity index (χ3n) is 6.23. The SMILES string of the molecule is O=C(CCC[C@H]1NCC2CC1CN(C(=O)c1ccsc1)C2)N1CCCC1. The lowest BCUT2D eigenvalue weighted by molar-refractivity contribution is -0.130. The Balaban J connectivity index is 1.28. The average Bonchev–Trinajstić information content (AvgIpc) is 3.36. The van der Waals surface area contributed by atoms with Crippen molar-refractivity contribution in [3.63, 3.8) is 0 Å². The Morgan fingerprint density at radius 3 is 2.81 bits per heavy atom. The topological polar surface area (TPSA) is 52.7 Å². The largest absolute Gasteiger partial charge is 0.343 e. The number of hydrogen-bond acceptors (Lipinski definition) is 4. The Morgan fingerprint density at radius 2 is 2.04 bits per heavy atom. The van der Waals surface area contributed by atoms with Gasteiger partial charge >= 0.3 is 0 Å². The maximum absolute atomic E-state index is 12.7. The van der Waals surface area contributed by atoms with Crippen molar-refractivity contribution in [1.29, 1.82) is 0 Å². The van der Waals surface area contributed by atoms with E-state index >= 15 is 0 Å². The molecule has 6 heteroatoms. The number of thiophene rings is 1. The molecule has 0 saturated carbocycles. The van der Waals surface area contributed by atoms with Crippen LogP contribution in [0.25, 0.3) is 0 Å². The molecule has 1 aromatic rings. The summed E-state index contributed by atoms with van der Waals surface area (Å²) in [5, 5.41) is 7.62. The van der Waals surface area contributed by atoms with E-state index in [0.717, 1.165) is 64.0 Å². The van der Waals surface area contributed by atoms with Gasteiger partial charge in [-0.2, -0.15) is 11.3 Å². The molecular weight excluding hydrogens is 346 g/mol. The summed E-state index contributed by atoms with van der Waals surface area (Å²) in [6, 6.07) is 2.37. The highest BCUT2D eigenvalue weighted by Crippen LogP contribution is 2.31. The molecule has 2 amide bonds. The monoisotopic (exact) mass is 375 g/mol. The first-order valence-corrected chi connectivity index (χ1v) is 11.0. The normalized spacial score (nSPS) is 28.4. The highest BCUT2D eigenvalue weighted by molar-refractivity contribution is 7.08. The van der Waals surface area contributed by atoms with Gasteiger partial charge in [0.05, 0.1) is 5.56 Å². The number of fused-ring (bicyclic) bond motifs is 2. The van der Waals surface area contributed by atoms with Gasteiger partial charge in [-0.25, -0.2) is 0 Å². The molecular formula is C20H29N3O2S. The van der Waals surface area contributed by atoms with Crippen LogP contribution < -0.4 is 5.32 Å². The van der Waals surface area contributed by atoms with Crippen molar-refractivity contribution in [1.82, 2.24) is 15.1 Å². The van der Waals surface area contributed by atoms with E-state index < -0.39 is 0 Å². The molecule has 4 heterocycles. The number of carbonyl (C=O) groups excluding carboxylic acids is 2. The quantitative estimate of drug-likeness (QED) is 0.861. The maximum atomic E-state index is 12.7. The zero-order chi connectivity index (χ0) is 17.9. The second-order valence-electron chi connectivity index (χ2n) is 8.08. The summed E-state index contributed by atoms with van der Waals surface area (Å²) in [6.07, 6.45) is 6.20. The molecule has 5 nitrogen and oxygen atoms in total. The van der Waals surface area contributed by atoms with Crippen LogP contribution in [-0.2, 0) is 4.79 Å². The lowest BCUT2D eigenvalue weighted by atomic mass is 9.79. The Kier molecular flexibility index (Phi) is 5.60. The van der Waals surface area contributed by atoms with Gasteiger partial charge in [0.1, 0.15) is 0 Å². The van der Waals surface area contributed by atoms with E-state index in [2.05, 4.69) is 10.2 Å². The molecule has 3 aliphatic rings. The van der Waals surface area contributed by atoms with Crippen LogP contribution in [-0.4, -0.2) is 60.4 Å². The fourth-order valence-electron chi connectivity index (χ4n) is 4.84. The van der Waals surface area contributed by atoms with Crippen molar-refractivity contribution >= 4 is 23.2 Å². The van der Waals surface area contributed by atoms with Crippen molar-refractivity contribution in [3.05, 3.63) is 22.4 Å². The minimum Gasteiger partial charge on any atom is -0.343 e. The van der Waals surface area contributed by atoms with Crippen LogP contribution in [0.1, 0.15) is 48.9 Å². The number of hydrogen-bond donors (Lipinski definition) is 1. The number of rotatable bonds is 5. The number of nitrogens with one attached hydrogen (secondary N) is 1. The summed E-state index contributed by atoms with van der Waals surface area (Å²) < 4.78 is 0. The minimum absolute atomic E-state index is 0.186. The maximum Gasteiger partial charge on any atom is 0.254 e. The average molecular weight is 376 g/mol. The highest BCUT2D eigenvalue weighted by Gasteiger charge is 2.38. The van der Waals surface area contributed by atoms with Gasteiger partial charge in [0.15, 0.2) is 0 Å². The molecule has 3 atom stereocenters. The number of likely N-dealkylation sites (tertiary alicyclic amines) is 2. The molecule has 142 valence electrons. The molecule has 0 spiro atoms. The summed E-state index contributed by atoms with van der Waals surface area (Å²) in [7, 11) is 0. The first kappa shape index (κ1) is 18.0. The Labute approximate surface area is 159 Å². The molecule has 3 aliphatic heterocycles. The summed E-state index contributed by atoms with van der Waals surface area (Å²) in [5.74, 6) is 1.60. The Bertz CT molecular complexity index is 627. The molecule has 0 aromatic carbocycles. The van der Waals surface area contributed by atoms with Crippen LogP contribution >= 0.6 is 11.3 Å². The number of amides is 2. The van der Waals surface area contributed by atoms with E-state index in [1.807, 2.05) is 21.7 Å². The first-order valence-electron chi connectivity index (χ1n) is 10.0. The van der Waals surface area contributed by atoms with Gasteiger partial charge in [-0.15, -0.1) is 0 Å². The summed E-state index contributed by atoms with van der Waals surface area (Å²) in [5.41, 5.74) is 0.829. The van der Waals surface area contributed by atoms with Gasteiger partial charge < -0.3 is 15.1 Å². The van der Waals surface area contributed by atoms with Crippen molar-refractivity contribution in [2.45, 2.75) is 44.6 Å². The third kappa shape index (κ3) is 3.96. The molecule has 4 rings (SSSR count). The third-order valence-corrected chi connectivity index (χ3v) is 6.91. The second kappa shape index (κ2) is 8.09. The standard InChI is InChI=1S/C20H29N3O2S/c24-19(22-7-1-2-8-22)5-3-4-18-17-10-15(11-21-18)12-23(13-17)20(25)16-6-9-26-14-16/h6,9,14-15,17-18,21H,1-5,7-8,10-13H2/t15?,17?,18-/m1/s1. The number of nitrogens with zero attached hydrogens (tertiary/aromatic N) is 2. The molecule has 3 fully saturated rings. The summed E-state index contributed by atoms with van der Waals surface area (Å²) in [4.78, 5) is 29.0. The molecule has 3 saturated heterocycles. The highest BCUT2D eigenvalue weighted by atomic mass is 32.1. The van der Waals surface area contributed by atoms with Gasteiger partial charge in [-0.3, -0.25) is 9.59 Å². The summed E-state index contributed by atoms with van der Waals surface area (Å²) in [6.45, 7) is 4.62. The molecule has 0 radical (unpaired) electrons. The van der Waals surface area contributed by atoms with Crippen LogP contribution in [0.2, 0.25) is 0 Å². The van der Waals surface area contributed by atoms with E-state index in [-0.39, 0.29) is 5.91 Å². The van der Waals surface area contributed by atoms with Crippen molar-refractivity contribution in [3.8, 4) is 0 Å². The van der Waals surface area contributed by atoms with Crippen molar-refractivity contribution < 1.29 is 9.59 Å². The predicted octanol–water partition coefficient (Wildman–Crippen LogP) is 2.59. The number of piperidine rings is 2. The molecule has 2 bridgehead atoms. The molecule has 26 heavy (non-hydrogen) atoms. The Morgan fingerprint density at radius 1 is 1.19 bits per heavy atom. The summed E-state index contributed by atoms with van der Waals surface area (Å²) >= 11 is 1.58. The lowest BCUT2D eigenvalue weighted by Gasteiger charge is -2.46. The smallest absolute Gasteiger partial charge is 0.254 e. The van der Waals surface area contributed by atoms with Gasteiger partial charge in [-0.05, 0) is 61.9 Å². The van der Waals surface area contributed by atoms with Gasteiger partial charge in [0.2, 0.25) is 5.91 Å². The van der Waals surface area contributed by atoms with E-state index in [9.17, 15) is 9.59 Å². The van der Waals surface area contributed by atoms with Gasteiger partial charge in [0, 0.05) is 44.0 Å². The van der Waals surface area contributed by atoms with E-state index in [4.69, 9.17) is 0 Å². The van der Waals surface area contributed by atoms with E-state index in [1.54, 1.807) is 11.3 Å². The van der Waals surface area contributed by atoms with Crippen molar-refractivity contribution in [2.75, 3.05) is 32.7 Å². The lowest BCUT2D eigenvalue weighted by Crippen LogP contribution is -2.57.